The molecule has 1 unspecified atom stereocenters. The molecule has 2 saturated heterocycles. The normalized spacial score (nSPS) is 22.3. The molecule has 4 heterocycles. The smallest absolute Gasteiger partial charge is 0.327 e. The number of aromatic nitrogens is 2. The first-order valence-electron chi connectivity index (χ1n) is 11.6. The molecule has 38 heavy (non-hydrogen) atoms. The second-order valence-electron chi connectivity index (χ2n) is 9.47. The van der Waals surface area contributed by atoms with Crippen LogP contribution in [0.4, 0.5) is 0 Å². The molecule has 2 fully saturated rings. The molecule has 0 bridgehead atoms. The molecule has 5 rings (SSSR count). The predicted molar refractivity (Wildman–Crippen MR) is 135 cm³/mol. The molecule has 12 nitrogen and oxygen atoms in total. The number of thioether (sulfide) groups is 1. The van der Waals surface area contributed by atoms with Gasteiger partial charge in [0.1, 0.15) is 40.3 Å². The highest BCUT2D eigenvalue weighted by molar-refractivity contribution is 8.01. The van der Waals surface area contributed by atoms with Crippen molar-refractivity contribution < 1.29 is 34.5 Å². The third-order valence-corrected chi connectivity index (χ3v) is 8.15. The Bertz CT molecular complexity index is 1480. The van der Waals surface area contributed by atoms with Gasteiger partial charge in [0.25, 0.3) is 5.91 Å². The highest BCUT2D eigenvalue weighted by Gasteiger charge is 2.64. The standard InChI is InChI=1S/C25H23N5O7S/c1-25(2)19(24(36)37)30-22(35)17(23(30)38-25)29-21(34)15(11-5-7-12(31)8-6-11)28-20(33)13-10-27-14-4-3-9-26-16(14)18(13)32/h3-10,15,17,19,23,31H,1-2H3,(H,27,32)(H,28,33)(H,29,34)(H,36,37)/t15?,17-,19+,23-/m1/s1. The van der Waals surface area contributed by atoms with E-state index in [0.29, 0.717) is 11.1 Å². The lowest BCUT2D eigenvalue weighted by atomic mass is 9.95. The number of aliphatic carboxylic acids is 1. The number of β-lactam (4-membered cyclic amide) rings is 1. The molecule has 0 radical (unpaired) electrons. The molecular formula is C25H23N5O7S. The molecule has 5 N–H and O–H groups in total. The summed E-state index contributed by atoms with van der Waals surface area (Å²) in [6.07, 6.45) is 2.60. The fourth-order valence-electron chi connectivity index (χ4n) is 4.73. The minimum absolute atomic E-state index is 0.0594. The summed E-state index contributed by atoms with van der Waals surface area (Å²) < 4.78 is -0.773. The van der Waals surface area contributed by atoms with Gasteiger partial charge in [0.15, 0.2) is 5.75 Å². The number of nitrogens with zero attached hydrogens (tertiary/aromatic N) is 3. The summed E-state index contributed by atoms with van der Waals surface area (Å²) in [6, 6.07) is 5.44. The van der Waals surface area contributed by atoms with E-state index in [-0.39, 0.29) is 16.8 Å². The summed E-state index contributed by atoms with van der Waals surface area (Å²) in [5, 5.41) is 34.5. The Morgan fingerprint density at radius 1 is 1.11 bits per heavy atom. The first-order valence-corrected chi connectivity index (χ1v) is 12.4. The SMILES string of the molecule is CC1(C)S[C@@H]2[C@H](NC(=O)C(NC(=O)c3cnc4cccnc4c3O)c3ccc(O)cc3)C(=O)N2[C@H]1C(=O)O. The lowest BCUT2D eigenvalue weighted by Crippen LogP contribution is -2.71. The summed E-state index contributed by atoms with van der Waals surface area (Å²) >= 11 is 1.27. The van der Waals surface area contributed by atoms with Gasteiger partial charge in [0.2, 0.25) is 11.8 Å². The van der Waals surface area contributed by atoms with Crippen LogP contribution in [0.25, 0.3) is 11.0 Å². The van der Waals surface area contributed by atoms with E-state index in [0.717, 1.165) is 6.20 Å². The number of amides is 3. The molecule has 4 atom stereocenters. The van der Waals surface area contributed by atoms with E-state index in [2.05, 4.69) is 20.6 Å². The monoisotopic (exact) mass is 537 g/mol. The minimum atomic E-state index is -1.32. The Balaban J connectivity index is 1.41. The molecule has 3 amide bonds. The molecule has 2 aliphatic heterocycles. The van der Waals surface area contributed by atoms with Crippen LogP contribution >= 0.6 is 11.8 Å². The number of aromatic hydroxyl groups is 2. The van der Waals surface area contributed by atoms with Crippen LogP contribution in [0.1, 0.15) is 35.8 Å². The molecule has 3 aromatic rings. The van der Waals surface area contributed by atoms with Crippen LogP contribution in [-0.2, 0) is 14.4 Å². The number of benzene rings is 1. The summed E-state index contributed by atoms with van der Waals surface area (Å²) in [6.45, 7) is 3.44. The van der Waals surface area contributed by atoms with E-state index in [4.69, 9.17) is 0 Å². The quantitative estimate of drug-likeness (QED) is 0.286. The van der Waals surface area contributed by atoms with Gasteiger partial charge in [-0.05, 0) is 43.7 Å². The summed E-state index contributed by atoms with van der Waals surface area (Å²) in [5.41, 5.74) is 0.571. The van der Waals surface area contributed by atoms with Gasteiger partial charge >= 0.3 is 5.97 Å². The fraction of sp³-hybridized carbons (Fsp3) is 0.280. The number of hydrogen-bond donors (Lipinski definition) is 5. The maximum Gasteiger partial charge on any atom is 0.327 e. The van der Waals surface area contributed by atoms with Gasteiger partial charge in [-0.3, -0.25) is 24.4 Å². The second kappa shape index (κ2) is 9.17. The average Bonchev–Trinajstić information content (AvgIpc) is 3.14. The van der Waals surface area contributed by atoms with Crippen molar-refractivity contribution in [2.45, 2.75) is 42.1 Å². The topological polar surface area (TPSA) is 182 Å². The Kier molecular flexibility index (Phi) is 6.10. The van der Waals surface area contributed by atoms with Gasteiger partial charge in [-0.25, -0.2) is 4.79 Å². The van der Waals surface area contributed by atoms with Crippen LogP contribution < -0.4 is 10.6 Å². The predicted octanol–water partition coefficient (Wildman–Crippen LogP) is 1.14. The summed E-state index contributed by atoms with van der Waals surface area (Å²) in [4.78, 5) is 60.7. The number of carboxylic acids is 1. The number of carboxylic acid groups (broad SMARTS) is 1. The first kappa shape index (κ1) is 25.3. The molecule has 13 heteroatoms. The van der Waals surface area contributed by atoms with Gasteiger partial charge in [-0.15, -0.1) is 11.8 Å². The highest BCUT2D eigenvalue weighted by atomic mass is 32.2. The lowest BCUT2D eigenvalue weighted by molar-refractivity contribution is -0.161. The second-order valence-corrected chi connectivity index (χ2v) is 11.2. The maximum absolute atomic E-state index is 13.4. The van der Waals surface area contributed by atoms with Crippen molar-refractivity contribution in [1.82, 2.24) is 25.5 Å². The lowest BCUT2D eigenvalue weighted by Gasteiger charge is -2.44. The molecule has 0 aliphatic carbocycles. The third kappa shape index (κ3) is 4.14. The van der Waals surface area contributed by atoms with Gasteiger partial charge < -0.3 is 30.9 Å². The van der Waals surface area contributed by atoms with Crippen molar-refractivity contribution in [2.75, 3.05) is 0 Å². The zero-order chi connectivity index (χ0) is 27.4. The Hall–Kier alpha value is -4.39. The fourth-order valence-corrected chi connectivity index (χ4v) is 6.36. The number of phenols is 1. The number of rotatable bonds is 6. The molecular weight excluding hydrogens is 514 g/mol. The van der Waals surface area contributed by atoms with E-state index in [1.807, 2.05) is 0 Å². The van der Waals surface area contributed by atoms with Crippen molar-refractivity contribution >= 4 is 46.5 Å². The Morgan fingerprint density at radius 2 is 1.82 bits per heavy atom. The zero-order valence-corrected chi connectivity index (χ0v) is 21.0. The number of pyridine rings is 2. The summed E-state index contributed by atoms with van der Waals surface area (Å²) in [5.74, 6) is -3.68. The van der Waals surface area contributed by atoms with Crippen LogP contribution in [0.3, 0.4) is 0 Å². The number of nitrogens with one attached hydrogen (secondary N) is 2. The first-order chi connectivity index (χ1) is 18.0. The van der Waals surface area contributed by atoms with Crippen LogP contribution in [0.5, 0.6) is 11.5 Å². The van der Waals surface area contributed by atoms with Crippen molar-refractivity contribution in [3.8, 4) is 11.5 Å². The Morgan fingerprint density at radius 3 is 2.50 bits per heavy atom. The molecule has 0 saturated carbocycles. The molecule has 2 aromatic heterocycles. The minimum Gasteiger partial charge on any atom is -0.508 e. The molecule has 0 spiro atoms. The highest BCUT2D eigenvalue weighted by Crippen LogP contribution is 2.50. The summed E-state index contributed by atoms with van der Waals surface area (Å²) in [7, 11) is 0. The number of phenolic OH excluding ortho intramolecular Hbond substituents is 1. The van der Waals surface area contributed by atoms with Crippen LogP contribution in [-0.4, -0.2) is 76.1 Å². The number of carbonyl (C=O) groups excluding carboxylic acids is 3. The zero-order valence-electron chi connectivity index (χ0n) is 20.2. The van der Waals surface area contributed by atoms with E-state index in [1.54, 1.807) is 26.0 Å². The molecule has 196 valence electrons. The van der Waals surface area contributed by atoms with Crippen LogP contribution in [0.2, 0.25) is 0 Å². The number of fused-ring (bicyclic) bond motifs is 2. The van der Waals surface area contributed by atoms with Crippen molar-refractivity contribution in [2.24, 2.45) is 0 Å². The Labute approximate surface area is 220 Å². The van der Waals surface area contributed by atoms with Gasteiger partial charge in [0.05, 0.1) is 5.52 Å². The van der Waals surface area contributed by atoms with E-state index < -0.39 is 57.7 Å². The largest absolute Gasteiger partial charge is 0.508 e. The number of hydrogen-bond acceptors (Lipinski definition) is 9. The van der Waals surface area contributed by atoms with E-state index in [1.165, 1.54) is 47.1 Å². The van der Waals surface area contributed by atoms with E-state index in [9.17, 15) is 34.5 Å². The third-order valence-electron chi connectivity index (χ3n) is 6.58. The van der Waals surface area contributed by atoms with E-state index >= 15 is 0 Å². The molecule has 1 aromatic carbocycles. The van der Waals surface area contributed by atoms with Crippen molar-refractivity contribution in [3.63, 3.8) is 0 Å². The maximum atomic E-state index is 13.4. The van der Waals surface area contributed by atoms with Gasteiger partial charge in [-0.1, -0.05) is 12.1 Å². The van der Waals surface area contributed by atoms with Gasteiger partial charge in [0, 0.05) is 17.1 Å². The number of carbonyl (C=O) groups is 4. The van der Waals surface area contributed by atoms with Crippen LogP contribution in [0, 0.1) is 0 Å². The average molecular weight is 538 g/mol. The van der Waals surface area contributed by atoms with Crippen molar-refractivity contribution in [3.05, 3.63) is 59.9 Å². The van der Waals surface area contributed by atoms with Crippen LogP contribution in [0.15, 0.2) is 48.8 Å². The van der Waals surface area contributed by atoms with Gasteiger partial charge in [-0.2, -0.15) is 0 Å². The van der Waals surface area contributed by atoms with Crippen molar-refractivity contribution in [1.29, 1.82) is 0 Å². The molecule has 2 aliphatic rings.